The molecule has 0 spiro atoms. The van der Waals surface area contributed by atoms with Crippen molar-refractivity contribution in [1.29, 1.82) is 0 Å². The van der Waals surface area contributed by atoms with Gasteiger partial charge in [0.2, 0.25) is 5.91 Å². The summed E-state index contributed by atoms with van der Waals surface area (Å²) in [6.07, 6.45) is 0.314. The third-order valence-corrected chi connectivity index (χ3v) is 4.55. The Morgan fingerprint density at radius 2 is 2.00 bits per heavy atom. The van der Waals surface area contributed by atoms with Crippen LogP contribution < -0.4 is 15.4 Å². The third kappa shape index (κ3) is 4.16. The van der Waals surface area contributed by atoms with Crippen LogP contribution in [0.25, 0.3) is 11.3 Å². The van der Waals surface area contributed by atoms with Crippen LogP contribution in [0.1, 0.15) is 5.56 Å². The Morgan fingerprint density at radius 1 is 1.20 bits per heavy atom. The molecule has 1 heterocycles. The van der Waals surface area contributed by atoms with Crippen LogP contribution in [0, 0.1) is 0 Å². The maximum absolute atomic E-state index is 12.4. The fraction of sp³-hybridized carbons (Fsp3) is 0.158. The Balaban J connectivity index is 1.81. The molecule has 5 nitrogen and oxygen atoms in total. The zero-order chi connectivity index (χ0) is 17.6. The van der Waals surface area contributed by atoms with E-state index in [4.69, 9.17) is 4.74 Å². The zero-order valence-corrected chi connectivity index (χ0v) is 14.9. The van der Waals surface area contributed by atoms with E-state index in [-0.39, 0.29) is 5.91 Å². The molecular weight excluding hydrogens is 334 g/mol. The Kier molecular flexibility index (Phi) is 5.30. The molecule has 3 rings (SSSR count). The number of carbonyl (C=O) groups excluding carboxylic acids is 1. The van der Waals surface area contributed by atoms with Gasteiger partial charge in [-0.3, -0.25) is 4.79 Å². The van der Waals surface area contributed by atoms with Gasteiger partial charge in [-0.1, -0.05) is 30.3 Å². The molecule has 0 aliphatic carbocycles. The van der Waals surface area contributed by atoms with Gasteiger partial charge in [0, 0.05) is 18.0 Å². The normalized spacial score (nSPS) is 10.3. The molecule has 0 fully saturated rings. The van der Waals surface area contributed by atoms with Gasteiger partial charge in [-0.25, -0.2) is 4.98 Å². The lowest BCUT2D eigenvalue weighted by Crippen LogP contribution is -2.15. The lowest BCUT2D eigenvalue weighted by atomic mass is 10.1. The first-order valence-electron chi connectivity index (χ1n) is 7.85. The number of carbonyl (C=O) groups is 1. The number of nitrogens with zero attached hydrogens (tertiary/aromatic N) is 1. The zero-order valence-electron chi connectivity index (χ0n) is 14.1. The van der Waals surface area contributed by atoms with Crippen LogP contribution in [-0.2, 0) is 11.2 Å². The van der Waals surface area contributed by atoms with Gasteiger partial charge in [0.15, 0.2) is 5.13 Å². The first-order chi connectivity index (χ1) is 12.2. The first-order valence-corrected chi connectivity index (χ1v) is 8.73. The topological polar surface area (TPSA) is 63.3 Å². The van der Waals surface area contributed by atoms with Crippen molar-refractivity contribution in [2.75, 3.05) is 24.8 Å². The summed E-state index contributed by atoms with van der Waals surface area (Å²) in [5, 5.41) is 8.79. The largest absolute Gasteiger partial charge is 0.495 e. The van der Waals surface area contributed by atoms with Gasteiger partial charge in [-0.05, 0) is 23.8 Å². The number of nitrogens with one attached hydrogen (secondary N) is 2. The first kappa shape index (κ1) is 17.0. The molecule has 2 N–H and O–H groups in total. The van der Waals surface area contributed by atoms with Crippen LogP contribution in [0.4, 0.5) is 10.8 Å². The Labute approximate surface area is 150 Å². The number of anilines is 2. The van der Waals surface area contributed by atoms with Crippen molar-refractivity contribution in [3.63, 3.8) is 0 Å². The van der Waals surface area contributed by atoms with Crippen molar-refractivity contribution in [2.24, 2.45) is 0 Å². The number of aromatic nitrogens is 1. The molecule has 25 heavy (non-hydrogen) atoms. The SMILES string of the molecule is CNc1nc(-c2ccc(OC)c(NC(=O)Cc3ccccc3)c2)cs1. The molecule has 1 amide bonds. The summed E-state index contributed by atoms with van der Waals surface area (Å²) in [6.45, 7) is 0. The van der Waals surface area contributed by atoms with E-state index in [2.05, 4.69) is 15.6 Å². The van der Waals surface area contributed by atoms with E-state index >= 15 is 0 Å². The molecule has 2 aromatic carbocycles. The van der Waals surface area contributed by atoms with Crippen molar-refractivity contribution >= 4 is 28.1 Å². The van der Waals surface area contributed by atoms with E-state index in [1.54, 1.807) is 7.11 Å². The fourth-order valence-corrected chi connectivity index (χ4v) is 3.14. The van der Waals surface area contributed by atoms with Crippen molar-refractivity contribution in [3.05, 3.63) is 59.5 Å². The summed E-state index contributed by atoms with van der Waals surface area (Å²) in [5.41, 5.74) is 3.39. The molecular formula is C19H19N3O2S. The van der Waals surface area contributed by atoms with E-state index in [1.807, 2.05) is 61.0 Å². The molecule has 1 aromatic heterocycles. The fourth-order valence-electron chi connectivity index (χ4n) is 2.46. The number of amides is 1. The molecule has 0 bridgehead atoms. The summed E-state index contributed by atoms with van der Waals surface area (Å²) in [4.78, 5) is 16.9. The average Bonchev–Trinajstić information content (AvgIpc) is 3.11. The quantitative estimate of drug-likeness (QED) is 0.702. The summed E-state index contributed by atoms with van der Waals surface area (Å²) in [5.74, 6) is 0.532. The molecule has 3 aromatic rings. The molecule has 0 unspecified atom stereocenters. The third-order valence-electron chi connectivity index (χ3n) is 3.69. The monoisotopic (exact) mass is 353 g/mol. The molecule has 0 saturated carbocycles. The van der Waals surface area contributed by atoms with E-state index in [0.29, 0.717) is 17.9 Å². The van der Waals surface area contributed by atoms with Crippen LogP contribution >= 0.6 is 11.3 Å². The standard InChI is InChI=1S/C19H19N3O2S/c1-20-19-22-16(12-25-19)14-8-9-17(24-2)15(11-14)21-18(23)10-13-6-4-3-5-7-13/h3-9,11-12H,10H2,1-2H3,(H,20,22)(H,21,23). The molecule has 0 radical (unpaired) electrons. The number of hydrogen-bond donors (Lipinski definition) is 2. The highest BCUT2D eigenvalue weighted by molar-refractivity contribution is 7.14. The molecule has 0 aliphatic heterocycles. The Morgan fingerprint density at radius 3 is 2.68 bits per heavy atom. The predicted octanol–water partition coefficient (Wildman–Crippen LogP) is 4.04. The molecule has 0 atom stereocenters. The van der Waals surface area contributed by atoms with Gasteiger partial charge in [0.1, 0.15) is 5.75 Å². The maximum Gasteiger partial charge on any atom is 0.228 e. The lowest BCUT2D eigenvalue weighted by molar-refractivity contribution is -0.115. The van der Waals surface area contributed by atoms with Crippen LogP contribution in [0.15, 0.2) is 53.9 Å². The second-order valence-electron chi connectivity index (χ2n) is 5.41. The van der Waals surface area contributed by atoms with Crippen LogP contribution in [0.3, 0.4) is 0 Å². The number of thiazole rings is 1. The van der Waals surface area contributed by atoms with Gasteiger partial charge >= 0.3 is 0 Å². The lowest BCUT2D eigenvalue weighted by Gasteiger charge is -2.11. The molecule has 0 aliphatic rings. The van der Waals surface area contributed by atoms with Crippen molar-refractivity contribution < 1.29 is 9.53 Å². The number of ether oxygens (including phenoxy) is 1. The summed E-state index contributed by atoms with van der Waals surface area (Å²) >= 11 is 1.54. The van der Waals surface area contributed by atoms with E-state index < -0.39 is 0 Å². The highest BCUT2D eigenvalue weighted by Crippen LogP contribution is 2.32. The van der Waals surface area contributed by atoms with E-state index in [9.17, 15) is 4.79 Å². The maximum atomic E-state index is 12.4. The minimum atomic E-state index is -0.0872. The van der Waals surface area contributed by atoms with Gasteiger partial charge in [0.05, 0.1) is 24.9 Å². The molecule has 0 saturated heterocycles. The van der Waals surface area contributed by atoms with E-state index in [0.717, 1.165) is 22.0 Å². The van der Waals surface area contributed by atoms with E-state index in [1.165, 1.54) is 11.3 Å². The second kappa shape index (κ2) is 7.81. The second-order valence-corrected chi connectivity index (χ2v) is 6.27. The molecule has 6 heteroatoms. The smallest absolute Gasteiger partial charge is 0.228 e. The van der Waals surface area contributed by atoms with Crippen LogP contribution in [0.2, 0.25) is 0 Å². The number of rotatable bonds is 6. The summed E-state index contributed by atoms with van der Waals surface area (Å²) in [6, 6.07) is 15.3. The van der Waals surface area contributed by atoms with Crippen molar-refractivity contribution in [3.8, 4) is 17.0 Å². The van der Waals surface area contributed by atoms with Gasteiger partial charge in [-0.2, -0.15) is 0 Å². The van der Waals surface area contributed by atoms with Crippen LogP contribution in [0.5, 0.6) is 5.75 Å². The van der Waals surface area contributed by atoms with Crippen molar-refractivity contribution in [1.82, 2.24) is 4.98 Å². The average molecular weight is 353 g/mol. The number of benzene rings is 2. The highest BCUT2D eigenvalue weighted by Gasteiger charge is 2.12. The summed E-state index contributed by atoms with van der Waals surface area (Å²) in [7, 11) is 3.43. The number of methoxy groups -OCH3 is 1. The summed E-state index contributed by atoms with van der Waals surface area (Å²) < 4.78 is 5.37. The Hall–Kier alpha value is -2.86. The van der Waals surface area contributed by atoms with Gasteiger partial charge in [0.25, 0.3) is 0 Å². The highest BCUT2D eigenvalue weighted by atomic mass is 32.1. The van der Waals surface area contributed by atoms with Crippen LogP contribution in [-0.4, -0.2) is 25.0 Å². The Bertz CT molecular complexity index is 862. The number of hydrogen-bond acceptors (Lipinski definition) is 5. The van der Waals surface area contributed by atoms with Gasteiger partial charge < -0.3 is 15.4 Å². The molecule has 128 valence electrons. The van der Waals surface area contributed by atoms with Gasteiger partial charge in [-0.15, -0.1) is 11.3 Å². The van der Waals surface area contributed by atoms with Crippen molar-refractivity contribution in [2.45, 2.75) is 6.42 Å². The minimum Gasteiger partial charge on any atom is -0.495 e. The predicted molar refractivity (Wildman–Crippen MR) is 102 cm³/mol. The minimum absolute atomic E-state index is 0.0872.